The lowest BCUT2D eigenvalue weighted by Gasteiger charge is -2.19. The maximum atomic E-state index is 13.3. The van der Waals surface area contributed by atoms with Crippen molar-refractivity contribution in [2.45, 2.75) is 63.4 Å². The number of amides is 3. The Balaban J connectivity index is 1.66. The lowest BCUT2D eigenvalue weighted by atomic mass is 10.1. The van der Waals surface area contributed by atoms with Crippen LogP contribution in [0.1, 0.15) is 45.7 Å². The molecule has 0 saturated heterocycles. The molecule has 2 N–H and O–H groups in total. The van der Waals surface area contributed by atoms with Crippen molar-refractivity contribution in [3.63, 3.8) is 0 Å². The Hall–Kier alpha value is -3.14. The predicted molar refractivity (Wildman–Crippen MR) is 131 cm³/mol. The van der Waals surface area contributed by atoms with Gasteiger partial charge in [0.25, 0.3) is 5.56 Å². The summed E-state index contributed by atoms with van der Waals surface area (Å²) >= 11 is 1.28. The Labute approximate surface area is 202 Å². The first kappa shape index (κ1) is 24.0. The number of hydrogen-bond acceptors (Lipinski definition) is 6. The van der Waals surface area contributed by atoms with E-state index in [0.717, 1.165) is 37.9 Å². The average molecular weight is 483 g/mol. The number of thioether (sulfide) groups is 1. The summed E-state index contributed by atoms with van der Waals surface area (Å²) in [6.45, 7) is 6.92. The standard InChI is InChI=1S/C24H30N6O3S/c1-15(2)14-25-23(33)27-21(31)16(3)34-24-26-20-19(18-12-8-5-9-13-29(18)24)22(32)30(28-20)17-10-6-4-7-11-17/h4,6-7,10-11,15-16H,5,8-9,12-14H2,1-3H3,(H2,25,27,31,33). The number of nitrogens with zero attached hydrogens (tertiary/aromatic N) is 4. The average Bonchev–Trinajstić information content (AvgIpc) is 2.98. The third-order valence-corrected chi connectivity index (χ3v) is 6.82. The molecule has 3 aliphatic heterocycles. The summed E-state index contributed by atoms with van der Waals surface area (Å²) < 4.78 is 3.45. The van der Waals surface area contributed by atoms with Crippen LogP contribution in [0.2, 0.25) is 0 Å². The SMILES string of the molecule is CC(C)CNC(=O)NC(=O)C(C)Sc1nc2nn(-c3ccccc3)c(=O)c-2c2n1CCCCC2. The number of aromatic nitrogens is 4. The van der Waals surface area contributed by atoms with Gasteiger partial charge in [-0.2, -0.15) is 4.68 Å². The molecule has 1 atom stereocenters. The molecule has 0 saturated carbocycles. The van der Waals surface area contributed by atoms with Crippen LogP contribution in [0.4, 0.5) is 4.79 Å². The maximum absolute atomic E-state index is 13.3. The van der Waals surface area contributed by atoms with Crippen LogP contribution in [0.3, 0.4) is 0 Å². The molecule has 0 radical (unpaired) electrons. The molecule has 34 heavy (non-hydrogen) atoms. The highest BCUT2D eigenvalue weighted by molar-refractivity contribution is 8.00. The summed E-state index contributed by atoms with van der Waals surface area (Å²) in [5.41, 5.74) is 1.97. The van der Waals surface area contributed by atoms with E-state index >= 15 is 0 Å². The van der Waals surface area contributed by atoms with Gasteiger partial charge < -0.3 is 9.88 Å². The van der Waals surface area contributed by atoms with Crippen LogP contribution >= 0.6 is 11.8 Å². The highest BCUT2D eigenvalue weighted by Crippen LogP contribution is 2.32. The van der Waals surface area contributed by atoms with Gasteiger partial charge in [-0.05, 0) is 44.2 Å². The molecule has 0 fully saturated rings. The molecular formula is C24H30N6O3S. The number of hydrogen-bond donors (Lipinski definition) is 2. The first-order valence-corrected chi connectivity index (χ1v) is 12.6. The van der Waals surface area contributed by atoms with Crippen LogP contribution in [0.15, 0.2) is 40.3 Å². The fourth-order valence-corrected chi connectivity index (χ4v) is 4.90. The molecule has 1 unspecified atom stereocenters. The van der Waals surface area contributed by atoms with Gasteiger partial charge in [0.1, 0.15) is 5.56 Å². The number of nitrogens with one attached hydrogen (secondary N) is 2. The predicted octanol–water partition coefficient (Wildman–Crippen LogP) is 3.22. The largest absolute Gasteiger partial charge is 0.338 e. The van der Waals surface area contributed by atoms with Crippen LogP contribution in [0, 0.1) is 5.92 Å². The smallest absolute Gasteiger partial charge is 0.321 e. The number of benzene rings is 1. The van der Waals surface area contributed by atoms with E-state index in [1.807, 2.05) is 44.2 Å². The van der Waals surface area contributed by atoms with E-state index < -0.39 is 17.2 Å². The number of para-hydroxylation sites is 1. The van der Waals surface area contributed by atoms with Crippen molar-refractivity contribution in [2.75, 3.05) is 6.54 Å². The molecule has 0 bridgehead atoms. The van der Waals surface area contributed by atoms with Crippen molar-refractivity contribution in [1.82, 2.24) is 30.0 Å². The molecule has 3 amide bonds. The molecular weight excluding hydrogens is 452 g/mol. The lowest BCUT2D eigenvalue weighted by Crippen LogP contribution is -2.43. The molecule has 1 aromatic rings. The van der Waals surface area contributed by atoms with E-state index in [-0.39, 0.29) is 11.5 Å². The minimum atomic E-state index is -0.558. The first-order valence-electron chi connectivity index (χ1n) is 11.7. The summed E-state index contributed by atoms with van der Waals surface area (Å²) in [5, 5.41) is 9.69. The Morgan fingerprint density at radius 1 is 1.12 bits per heavy atom. The van der Waals surface area contributed by atoms with Crippen LogP contribution < -0.4 is 16.2 Å². The van der Waals surface area contributed by atoms with E-state index in [4.69, 9.17) is 4.98 Å². The molecule has 3 heterocycles. The number of urea groups is 1. The Morgan fingerprint density at radius 3 is 2.62 bits per heavy atom. The molecule has 0 aliphatic carbocycles. The van der Waals surface area contributed by atoms with Gasteiger partial charge in [-0.3, -0.25) is 14.9 Å². The van der Waals surface area contributed by atoms with Gasteiger partial charge in [-0.15, -0.1) is 5.10 Å². The molecule has 0 spiro atoms. The molecule has 9 nitrogen and oxygen atoms in total. The second kappa shape index (κ2) is 10.4. The van der Waals surface area contributed by atoms with Gasteiger partial charge in [-0.1, -0.05) is 50.2 Å². The van der Waals surface area contributed by atoms with Gasteiger partial charge in [0.2, 0.25) is 5.91 Å². The molecule has 3 aliphatic rings. The Bertz CT molecular complexity index is 1200. The van der Waals surface area contributed by atoms with Crippen molar-refractivity contribution in [1.29, 1.82) is 0 Å². The summed E-state index contributed by atoms with van der Waals surface area (Å²) in [6.07, 6.45) is 3.75. The Kier molecular flexibility index (Phi) is 7.35. The van der Waals surface area contributed by atoms with Crippen molar-refractivity contribution in [2.24, 2.45) is 5.92 Å². The molecule has 0 aromatic heterocycles. The van der Waals surface area contributed by atoms with Gasteiger partial charge in [0, 0.05) is 18.8 Å². The molecule has 10 heteroatoms. The topological polar surface area (TPSA) is 111 Å². The summed E-state index contributed by atoms with van der Waals surface area (Å²) in [6, 6.07) is 8.79. The second-order valence-corrected chi connectivity index (χ2v) is 10.2. The first-order chi connectivity index (χ1) is 16.3. The van der Waals surface area contributed by atoms with Crippen LogP contribution in [0.25, 0.3) is 17.1 Å². The highest BCUT2D eigenvalue weighted by Gasteiger charge is 2.29. The quantitative estimate of drug-likeness (QED) is 0.412. The number of carbonyl (C=O) groups excluding carboxylic acids is 2. The van der Waals surface area contributed by atoms with Gasteiger partial charge in [0.15, 0.2) is 11.0 Å². The lowest BCUT2D eigenvalue weighted by molar-refractivity contribution is -0.119. The highest BCUT2D eigenvalue weighted by atomic mass is 32.2. The van der Waals surface area contributed by atoms with Crippen molar-refractivity contribution in [3.8, 4) is 17.1 Å². The normalized spacial score (nSPS) is 14.5. The van der Waals surface area contributed by atoms with Crippen LogP contribution in [-0.2, 0) is 17.8 Å². The molecule has 180 valence electrons. The minimum absolute atomic E-state index is 0.177. The molecule has 1 aromatic carbocycles. The number of carbonyl (C=O) groups is 2. The molecule has 4 rings (SSSR count). The summed E-state index contributed by atoms with van der Waals surface area (Å²) in [7, 11) is 0. The van der Waals surface area contributed by atoms with E-state index in [9.17, 15) is 14.4 Å². The van der Waals surface area contributed by atoms with Crippen LogP contribution in [-0.4, -0.2) is 43.1 Å². The fraction of sp³-hybridized carbons (Fsp3) is 0.458. The van der Waals surface area contributed by atoms with Gasteiger partial charge in [-0.25, -0.2) is 9.78 Å². The minimum Gasteiger partial charge on any atom is -0.338 e. The zero-order chi connectivity index (χ0) is 24.2. The third-order valence-electron chi connectivity index (χ3n) is 5.73. The van der Waals surface area contributed by atoms with Crippen molar-refractivity contribution in [3.05, 3.63) is 46.4 Å². The third kappa shape index (κ3) is 5.16. The van der Waals surface area contributed by atoms with Gasteiger partial charge >= 0.3 is 6.03 Å². The zero-order valence-electron chi connectivity index (χ0n) is 19.7. The van der Waals surface area contributed by atoms with E-state index in [2.05, 4.69) is 20.3 Å². The number of imide groups is 1. The summed E-state index contributed by atoms with van der Waals surface area (Å²) in [4.78, 5) is 42.7. The second-order valence-electron chi connectivity index (χ2n) is 8.91. The van der Waals surface area contributed by atoms with Crippen molar-refractivity contribution < 1.29 is 9.59 Å². The number of rotatable bonds is 6. The fourth-order valence-electron chi connectivity index (χ4n) is 3.95. The van der Waals surface area contributed by atoms with E-state index in [1.54, 1.807) is 6.92 Å². The monoisotopic (exact) mass is 482 g/mol. The summed E-state index contributed by atoms with van der Waals surface area (Å²) in [5.74, 6) is 0.277. The van der Waals surface area contributed by atoms with E-state index in [1.165, 1.54) is 16.4 Å². The van der Waals surface area contributed by atoms with Crippen molar-refractivity contribution >= 4 is 23.7 Å². The van der Waals surface area contributed by atoms with Gasteiger partial charge in [0.05, 0.1) is 10.9 Å². The zero-order valence-corrected chi connectivity index (χ0v) is 20.5. The van der Waals surface area contributed by atoms with Crippen LogP contribution in [0.5, 0.6) is 0 Å². The number of fused-ring (bicyclic) bond motifs is 3. The van der Waals surface area contributed by atoms with E-state index in [0.29, 0.717) is 28.8 Å². The maximum Gasteiger partial charge on any atom is 0.321 e. The Morgan fingerprint density at radius 2 is 1.88 bits per heavy atom.